The predicted molar refractivity (Wildman–Crippen MR) is 68.6 cm³/mol. The summed E-state index contributed by atoms with van der Waals surface area (Å²) in [4.78, 5) is 11.4. The smallest absolute Gasteiger partial charge is 0.143 e. The molecule has 0 aliphatic rings. The summed E-state index contributed by atoms with van der Waals surface area (Å²) in [7, 11) is 0. The fourth-order valence-electron chi connectivity index (χ4n) is 1.66. The van der Waals surface area contributed by atoms with Gasteiger partial charge in [-0.15, -0.1) is 0 Å². The minimum Gasteiger partial charge on any atom is -0.346 e. The molecule has 0 saturated carbocycles. The number of para-hydroxylation sites is 1. The van der Waals surface area contributed by atoms with Crippen molar-refractivity contribution in [1.82, 2.24) is 15.0 Å². The molecule has 4 nitrogen and oxygen atoms in total. The lowest BCUT2D eigenvalue weighted by molar-refractivity contribution is 1.20. The van der Waals surface area contributed by atoms with Crippen molar-refractivity contribution in [3.63, 3.8) is 0 Å². The molecule has 3 rings (SSSR count). The van der Waals surface area contributed by atoms with Crippen LogP contribution in [0.1, 0.15) is 0 Å². The molecule has 0 saturated heterocycles. The third-order valence-corrected chi connectivity index (χ3v) is 2.81. The second-order valence-corrected chi connectivity index (χ2v) is 3.97. The maximum atomic E-state index is 6.09. The number of rotatable bonds is 2. The molecular weight excluding hydrogens is 236 g/mol. The Morgan fingerprint density at radius 2 is 2.00 bits per heavy atom. The number of fused-ring (bicyclic) bond motifs is 1. The third-order valence-electron chi connectivity index (χ3n) is 2.48. The molecule has 5 heteroatoms. The number of anilines is 2. The van der Waals surface area contributed by atoms with E-state index in [1.165, 1.54) is 6.33 Å². The summed E-state index contributed by atoms with van der Waals surface area (Å²) in [6, 6.07) is 9.47. The summed E-state index contributed by atoms with van der Waals surface area (Å²) in [5.41, 5.74) is 1.63. The van der Waals surface area contributed by atoms with Gasteiger partial charge in [-0.1, -0.05) is 23.7 Å². The lowest BCUT2D eigenvalue weighted by Crippen LogP contribution is -1.95. The van der Waals surface area contributed by atoms with Crippen LogP contribution in [-0.4, -0.2) is 15.0 Å². The largest absolute Gasteiger partial charge is 0.346 e. The zero-order valence-corrected chi connectivity index (χ0v) is 9.57. The average Bonchev–Trinajstić information content (AvgIpc) is 2.81. The van der Waals surface area contributed by atoms with Gasteiger partial charge in [0.15, 0.2) is 0 Å². The van der Waals surface area contributed by atoms with Crippen molar-refractivity contribution in [3.05, 3.63) is 47.9 Å². The molecule has 0 unspecified atom stereocenters. The molecule has 2 heterocycles. The van der Waals surface area contributed by atoms with Crippen LogP contribution in [0.3, 0.4) is 0 Å². The van der Waals surface area contributed by atoms with Gasteiger partial charge in [-0.2, -0.15) is 0 Å². The van der Waals surface area contributed by atoms with Crippen LogP contribution in [-0.2, 0) is 0 Å². The highest BCUT2D eigenvalue weighted by molar-refractivity contribution is 6.33. The van der Waals surface area contributed by atoms with Crippen LogP contribution in [0.15, 0.2) is 42.9 Å². The topological polar surface area (TPSA) is 53.6 Å². The van der Waals surface area contributed by atoms with Crippen LogP contribution in [0.4, 0.5) is 11.5 Å². The Balaban J connectivity index is 2.06. The van der Waals surface area contributed by atoms with Gasteiger partial charge in [0.2, 0.25) is 0 Å². The first-order chi connectivity index (χ1) is 8.34. The maximum absolute atomic E-state index is 6.09. The van der Waals surface area contributed by atoms with Crippen molar-refractivity contribution in [2.75, 3.05) is 5.32 Å². The lowest BCUT2D eigenvalue weighted by Gasteiger charge is -2.07. The second-order valence-electron chi connectivity index (χ2n) is 3.57. The molecule has 0 bridgehead atoms. The van der Waals surface area contributed by atoms with Gasteiger partial charge in [-0.25, -0.2) is 9.97 Å². The van der Waals surface area contributed by atoms with E-state index in [1.54, 1.807) is 0 Å². The first-order valence-corrected chi connectivity index (χ1v) is 5.52. The van der Waals surface area contributed by atoms with Gasteiger partial charge in [-0.3, -0.25) is 0 Å². The highest BCUT2D eigenvalue weighted by Gasteiger charge is 2.05. The average molecular weight is 245 g/mol. The fourth-order valence-corrected chi connectivity index (χ4v) is 1.85. The molecule has 0 aliphatic carbocycles. The Morgan fingerprint density at radius 3 is 2.88 bits per heavy atom. The number of aromatic amines is 1. The molecule has 2 N–H and O–H groups in total. The summed E-state index contributed by atoms with van der Waals surface area (Å²) >= 11 is 6.09. The Hall–Kier alpha value is -2.07. The highest BCUT2D eigenvalue weighted by Crippen LogP contribution is 2.26. The number of H-pyrrole nitrogens is 1. The quantitative estimate of drug-likeness (QED) is 0.727. The molecule has 0 atom stereocenters. The van der Waals surface area contributed by atoms with Crippen molar-refractivity contribution >= 4 is 34.1 Å². The third kappa shape index (κ3) is 1.83. The van der Waals surface area contributed by atoms with Crippen LogP contribution in [0.2, 0.25) is 5.02 Å². The minimum absolute atomic E-state index is 0.662. The zero-order chi connectivity index (χ0) is 11.7. The number of benzene rings is 1. The van der Waals surface area contributed by atoms with Gasteiger partial charge >= 0.3 is 0 Å². The van der Waals surface area contributed by atoms with Crippen LogP contribution < -0.4 is 5.32 Å². The number of aromatic nitrogens is 3. The number of hydrogen-bond acceptors (Lipinski definition) is 3. The summed E-state index contributed by atoms with van der Waals surface area (Å²) in [6.07, 6.45) is 3.34. The van der Waals surface area contributed by atoms with E-state index in [-0.39, 0.29) is 0 Å². The molecule has 0 aliphatic heterocycles. The van der Waals surface area contributed by atoms with Gasteiger partial charge in [-0.05, 0) is 18.2 Å². The Kier molecular flexibility index (Phi) is 2.42. The van der Waals surface area contributed by atoms with E-state index in [0.717, 1.165) is 22.5 Å². The van der Waals surface area contributed by atoms with E-state index >= 15 is 0 Å². The summed E-state index contributed by atoms with van der Waals surface area (Å²) in [5, 5.41) is 4.80. The zero-order valence-electron chi connectivity index (χ0n) is 8.81. The standard InChI is InChI=1S/C12H9ClN4/c13-9-3-1-2-4-10(9)17-12-8-5-6-14-11(8)15-7-16-12/h1-7H,(H2,14,15,16,17). The molecule has 84 valence electrons. The van der Waals surface area contributed by atoms with E-state index in [4.69, 9.17) is 11.6 Å². The molecule has 0 fully saturated rings. The van der Waals surface area contributed by atoms with E-state index < -0.39 is 0 Å². The first kappa shape index (κ1) is 10.1. The van der Waals surface area contributed by atoms with Gasteiger partial charge in [0.25, 0.3) is 0 Å². The van der Waals surface area contributed by atoms with E-state index in [2.05, 4.69) is 20.3 Å². The number of halogens is 1. The number of nitrogens with zero attached hydrogens (tertiary/aromatic N) is 2. The normalized spacial score (nSPS) is 10.6. The van der Waals surface area contributed by atoms with E-state index in [1.807, 2.05) is 36.5 Å². The van der Waals surface area contributed by atoms with E-state index in [9.17, 15) is 0 Å². The van der Waals surface area contributed by atoms with Crippen LogP contribution >= 0.6 is 11.6 Å². The maximum Gasteiger partial charge on any atom is 0.143 e. The Labute approximate surface area is 103 Å². The van der Waals surface area contributed by atoms with Crippen molar-refractivity contribution < 1.29 is 0 Å². The molecule has 0 radical (unpaired) electrons. The van der Waals surface area contributed by atoms with Gasteiger partial charge in [0, 0.05) is 6.20 Å². The van der Waals surface area contributed by atoms with Gasteiger partial charge in [0.1, 0.15) is 17.8 Å². The van der Waals surface area contributed by atoms with Crippen LogP contribution in [0, 0.1) is 0 Å². The number of hydrogen-bond donors (Lipinski definition) is 2. The molecule has 0 spiro atoms. The molecular formula is C12H9ClN4. The Morgan fingerprint density at radius 1 is 1.12 bits per heavy atom. The summed E-state index contributed by atoms with van der Waals surface area (Å²) in [6.45, 7) is 0. The second kappa shape index (κ2) is 4.07. The monoisotopic (exact) mass is 244 g/mol. The van der Waals surface area contributed by atoms with Gasteiger partial charge < -0.3 is 10.3 Å². The fraction of sp³-hybridized carbons (Fsp3) is 0. The van der Waals surface area contributed by atoms with Crippen LogP contribution in [0.25, 0.3) is 11.0 Å². The predicted octanol–water partition coefficient (Wildman–Crippen LogP) is 3.35. The van der Waals surface area contributed by atoms with E-state index in [0.29, 0.717) is 5.02 Å². The Bertz CT molecular complexity index is 662. The molecule has 1 aromatic carbocycles. The van der Waals surface area contributed by atoms with Crippen molar-refractivity contribution in [2.24, 2.45) is 0 Å². The molecule has 3 aromatic rings. The molecule has 17 heavy (non-hydrogen) atoms. The summed E-state index contributed by atoms with van der Waals surface area (Å²) in [5.74, 6) is 0.740. The minimum atomic E-state index is 0.662. The van der Waals surface area contributed by atoms with Crippen molar-refractivity contribution in [2.45, 2.75) is 0 Å². The summed E-state index contributed by atoms with van der Waals surface area (Å²) < 4.78 is 0. The highest BCUT2D eigenvalue weighted by atomic mass is 35.5. The van der Waals surface area contributed by atoms with Gasteiger partial charge in [0.05, 0.1) is 16.1 Å². The molecule has 2 aromatic heterocycles. The van der Waals surface area contributed by atoms with Crippen molar-refractivity contribution in [1.29, 1.82) is 0 Å². The van der Waals surface area contributed by atoms with Crippen LogP contribution in [0.5, 0.6) is 0 Å². The SMILES string of the molecule is Clc1ccccc1Nc1ncnc2[nH]ccc12. The molecule has 0 amide bonds. The first-order valence-electron chi connectivity index (χ1n) is 5.14. The lowest BCUT2D eigenvalue weighted by atomic mass is 10.3. The van der Waals surface area contributed by atoms with Crippen molar-refractivity contribution in [3.8, 4) is 0 Å². The number of nitrogens with one attached hydrogen (secondary N) is 2.